The SMILES string of the molecule is CCN(CC)C(=O)c1cc(Nc2ccc(N3CCC(C)CC3)cc2)ncn1. The summed E-state index contributed by atoms with van der Waals surface area (Å²) in [7, 11) is 0. The van der Waals surface area contributed by atoms with Crippen molar-refractivity contribution in [1.82, 2.24) is 14.9 Å². The molecule has 0 aliphatic carbocycles. The van der Waals surface area contributed by atoms with E-state index in [0.29, 0.717) is 24.6 Å². The van der Waals surface area contributed by atoms with Crippen molar-refractivity contribution in [2.45, 2.75) is 33.6 Å². The van der Waals surface area contributed by atoms with Crippen LogP contribution in [-0.2, 0) is 0 Å². The fraction of sp³-hybridized carbons (Fsp3) is 0.476. The van der Waals surface area contributed by atoms with Gasteiger partial charge in [0.1, 0.15) is 17.8 Å². The van der Waals surface area contributed by atoms with E-state index in [1.807, 2.05) is 13.8 Å². The molecule has 1 N–H and O–H groups in total. The lowest BCUT2D eigenvalue weighted by Gasteiger charge is -2.32. The van der Waals surface area contributed by atoms with Crippen LogP contribution in [0.15, 0.2) is 36.7 Å². The van der Waals surface area contributed by atoms with Gasteiger partial charge in [0, 0.05) is 43.6 Å². The summed E-state index contributed by atoms with van der Waals surface area (Å²) in [5, 5.41) is 3.27. The molecule has 1 saturated heterocycles. The lowest BCUT2D eigenvalue weighted by Crippen LogP contribution is -2.32. The monoisotopic (exact) mass is 367 g/mol. The number of carbonyl (C=O) groups excluding carboxylic acids is 1. The van der Waals surface area contributed by atoms with Gasteiger partial charge in [0.05, 0.1) is 0 Å². The van der Waals surface area contributed by atoms with E-state index in [0.717, 1.165) is 24.7 Å². The number of rotatable bonds is 6. The lowest BCUT2D eigenvalue weighted by atomic mass is 9.99. The third-order valence-corrected chi connectivity index (χ3v) is 5.23. The smallest absolute Gasteiger partial charge is 0.272 e. The van der Waals surface area contributed by atoms with Gasteiger partial charge in [-0.05, 0) is 56.9 Å². The highest BCUT2D eigenvalue weighted by molar-refractivity contribution is 5.93. The topological polar surface area (TPSA) is 61.4 Å². The highest BCUT2D eigenvalue weighted by Gasteiger charge is 2.16. The molecule has 0 saturated carbocycles. The van der Waals surface area contributed by atoms with E-state index in [-0.39, 0.29) is 5.91 Å². The van der Waals surface area contributed by atoms with Crippen LogP contribution in [0.25, 0.3) is 0 Å². The Hall–Kier alpha value is -2.63. The van der Waals surface area contributed by atoms with Crippen molar-refractivity contribution in [3.63, 3.8) is 0 Å². The summed E-state index contributed by atoms with van der Waals surface area (Å²) in [5.74, 6) is 1.38. The fourth-order valence-electron chi connectivity index (χ4n) is 3.39. The molecular formula is C21H29N5O. The van der Waals surface area contributed by atoms with Crippen molar-refractivity contribution < 1.29 is 4.79 Å². The van der Waals surface area contributed by atoms with Gasteiger partial charge in [-0.3, -0.25) is 4.79 Å². The van der Waals surface area contributed by atoms with E-state index in [1.54, 1.807) is 11.0 Å². The second-order valence-corrected chi connectivity index (χ2v) is 7.11. The van der Waals surface area contributed by atoms with E-state index < -0.39 is 0 Å². The fourth-order valence-corrected chi connectivity index (χ4v) is 3.39. The average molecular weight is 367 g/mol. The van der Waals surface area contributed by atoms with Crippen LogP contribution in [0.5, 0.6) is 0 Å². The highest BCUT2D eigenvalue weighted by Crippen LogP contribution is 2.25. The van der Waals surface area contributed by atoms with Crippen molar-refractivity contribution in [1.29, 1.82) is 0 Å². The molecule has 0 unspecified atom stereocenters. The summed E-state index contributed by atoms with van der Waals surface area (Å²) in [6.45, 7) is 9.83. The number of piperidine rings is 1. The molecule has 3 rings (SSSR count). The molecule has 0 radical (unpaired) electrons. The van der Waals surface area contributed by atoms with Crippen molar-refractivity contribution >= 4 is 23.1 Å². The minimum absolute atomic E-state index is 0.0693. The Balaban J connectivity index is 1.67. The van der Waals surface area contributed by atoms with Gasteiger partial charge >= 0.3 is 0 Å². The zero-order valence-corrected chi connectivity index (χ0v) is 16.5. The molecule has 2 aromatic rings. The number of aromatic nitrogens is 2. The van der Waals surface area contributed by atoms with Gasteiger partial charge in [0.15, 0.2) is 0 Å². The van der Waals surface area contributed by atoms with Crippen molar-refractivity contribution in [2.75, 3.05) is 36.4 Å². The summed E-state index contributed by atoms with van der Waals surface area (Å²) >= 11 is 0. The van der Waals surface area contributed by atoms with Gasteiger partial charge in [0.25, 0.3) is 5.91 Å². The standard InChI is InChI=1S/C21H29N5O/c1-4-25(5-2)21(27)19-14-20(23-15-22-19)24-17-6-8-18(9-7-17)26-12-10-16(3)11-13-26/h6-9,14-16H,4-5,10-13H2,1-3H3,(H,22,23,24). The van der Waals surface area contributed by atoms with Gasteiger partial charge in [-0.1, -0.05) is 6.92 Å². The van der Waals surface area contributed by atoms with Crippen LogP contribution in [0.3, 0.4) is 0 Å². The minimum Gasteiger partial charge on any atom is -0.372 e. The molecule has 0 bridgehead atoms. The number of nitrogens with zero attached hydrogens (tertiary/aromatic N) is 4. The van der Waals surface area contributed by atoms with Crippen LogP contribution >= 0.6 is 0 Å². The third kappa shape index (κ3) is 4.76. The van der Waals surface area contributed by atoms with E-state index in [4.69, 9.17) is 0 Å². The first-order valence-electron chi connectivity index (χ1n) is 9.84. The molecule has 1 aromatic heterocycles. The van der Waals surface area contributed by atoms with Crippen LogP contribution in [0.1, 0.15) is 44.1 Å². The molecule has 2 heterocycles. The predicted molar refractivity (Wildman–Crippen MR) is 110 cm³/mol. The molecule has 1 aliphatic rings. The molecule has 1 aromatic carbocycles. The van der Waals surface area contributed by atoms with Gasteiger partial charge in [-0.25, -0.2) is 9.97 Å². The Morgan fingerprint density at radius 1 is 1.15 bits per heavy atom. The number of benzene rings is 1. The Morgan fingerprint density at radius 3 is 2.44 bits per heavy atom. The molecule has 6 heteroatoms. The number of nitrogens with one attached hydrogen (secondary N) is 1. The minimum atomic E-state index is -0.0693. The molecule has 27 heavy (non-hydrogen) atoms. The first-order valence-corrected chi connectivity index (χ1v) is 9.84. The first kappa shape index (κ1) is 19.1. The van der Waals surface area contributed by atoms with Crippen molar-refractivity contribution in [2.24, 2.45) is 5.92 Å². The zero-order chi connectivity index (χ0) is 19.2. The first-order chi connectivity index (χ1) is 13.1. The van der Waals surface area contributed by atoms with Crippen LogP contribution < -0.4 is 10.2 Å². The summed E-state index contributed by atoms with van der Waals surface area (Å²) in [6.07, 6.45) is 3.94. The molecule has 1 fully saturated rings. The van der Waals surface area contributed by atoms with Crippen LogP contribution in [0.2, 0.25) is 0 Å². The van der Waals surface area contributed by atoms with E-state index in [1.165, 1.54) is 24.9 Å². The average Bonchev–Trinajstić information content (AvgIpc) is 2.70. The van der Waals surface area contributed by atoms with Crippen LogP contribution in [0.4, 0.5) is 17.2 Å². The maximum atomic E-state index is 12.5. The normalized spacial score (nSPS) is 14.9. The second-order valence-electron chi connectivity index (χ2n) is 7.11. The molecule has 1 amide bonds. The molecule has 1 aliphatic heterocycles. The second kappa shape index (κ2) is 8.84. The summed E-state index contributed by atoms with van der Waals surface area (Å²) < 4.78 is 0. The summed E-state index contributed by atoms with van der Waals surface area (Å²) in [5.41, 5.74) is 2.62. The number of carbonyl (C=O) groups is 1. The van der Waals surface area contributed by atoms with Crippen LogP contribution in [-0.4, -0.2) is 47.0 Å². The molecule has 0 spiro atoms. The Bertz CT molecular complexity index is 749. The maximum Gasteiger partial charge on any atom is 0.272 e. The molecule has 144 valence electrons. The van der Waals surface area contributed by atoms with E-state index in [2.05, 4.69) is 51.4 Å². The van der Waals surface area contributed by atoms with Crippen molar-refractivity contribution in [3.05, 3.63) is 42.4 Å². The summed E-state index contributed by atoms with van der Waals surface area (Å²) in [4.78, 5) is 25.0. The molecule has 0 atom stereocenters. The third-order valence-electron chi connectivity index (χ3n) is 5.23. The Kier molecular flexibility index (Phi) is 6.27. The molecular weight excluding hydrogens is 338 g/mol. The van der Waals surface area contributed by atoms with Gasteiger partial charge < -0.3 is 15.1 Å². The van der Waals surface area contributed by atoms with E-state index >= 15 is 0 Å². The predicted octanol–water partition coefficient (Wildman–Crippen LogP) is 3.94. The lowest BCUT2D eigenvalue weighted by molar-refractivity contribution is 0.0767. The number of anilines is 3. The number of hydrogen-bond donors (Lipinski definition) is 1. The van der Waals surface area contributed by atoms with Crippen LogP contribution in [0, 0.1) is 5.92 Å². The van der Waals surface area contributed by atoms with Gasteiger partial charge in [-0.15, -0.1) is 0 Å². The highest BCUT2D eigenvalue weighted by atomic mass is 16.2. The van der Waals surface area contributed by atoms with E-state index in [9.17, 15) is 4.79 Å². The largest absolute Gasteiger partial charge is 0.372 e. The van der Waals surface area contributed by atoms with Gasteiger partial charge in [0.2, 0.25) is 0 Å². The summed E-state index contributed by atoms with van der Waals surface area (Å²) in [6, 6.07) is 10.1. The Morgan fingerprint density at radius 2 is 1.81 bits per heavy atom. The zero-order valence-electron chi connectivity index (χ0n) is 16.5. The van der Waals surface area contributed by atoms with Crippen molar-refractivity contribution in [3.8, 4) is 0 Å². The maximum absolute atomic E-state index is 12.5. The number of hydrogen-bond acceptors (Lipinski definition) is 5. The van der Waals surface area contributed by atoms with Gasteiger partial charge in [-0.2, -0.15) is 0 Å². The molecule has 6 nitrogen and oxygen atoms in total. The Labute approximate surface area is 161 Å². The quantitative estimate of drug-likeness (QED) is 0.838. The number of amides is 1.